The van der Waals surface area contributed by atoms with Gasteiger partial charge in [0, 0.05) is 15.9 Å². The number of pyridine rings is 1. The lowest BCUT2D eigenvalue weighted by Crippen LogP contribution is -2.15. The van der Waals surface area contributed by atoms with Gasteiger partial charge in [-0.3, -0.25) is 9.89 Å². The lowest BCUT2D eigenvalue weighted by molar-refractivity contribution is 0.101. The second-order valence-electron chi connectivity index (χ2n) is 5.51. The van der Waals surface area contributed by atoms with Crippen LogP contribution in [0.15, 0.2) is 79.6 Å². The molecule has 0 saturated heterocycles. The van der Waals surface area contributed by atoms with Crippen LogP contribution in [0.2, 0.25) is 0 Å². The lowest BCUT2D eigenvalue weighted by atomic mass is 10.3. The number of benzene rings is 1. The van der Waals surface area contributed by atoms with Crippen LogP contribution in [-0.4, -0.2) is 38.3 Å². The molecule has 0 aliphatic heterocycles. The van der Waals surface area contributed by atoms with Gasteiger partial charge in [0.1, 0.15) is 29.1 Å². The zero-order valence-corrected chi connectivity index (χ0v) is 16.7. The number of rotatable bonds is 7. The van der Waals surface area contributed by atoms with Crippen molar-refractivity contribution in [2.45, 2.75) is 20.0 Å². The molecule has 0 saturated carbocycles. The smallest absolute Gasteiger partial charge is 0.276 e. The summed E-state index contributed by atoms with van der Waals surface area (Å²) in [7, 11) is 1.61. The minimum atomic E-state index is -0.394. The largest absolute Gasteiger partial charge is 0.497 e. The first-order valence-corrected chi connectivity index (χ1v) is 9.92. The Morgan fingerprint density at radius 1 is 1.14 bits per heavy atom. The van der Waals surface area contributed by atoms with Gasteiger partial charge in [0.15, 0.2) is 11.0 Å². The monoisotopic (exact) mass is 426 g/mol. The number of amides is 1. The number of methoxy groups -OCH3 is 1. The molecule has 1 aromatic carbocycles. The number of hydrogen-bond donors (Lipinski definition) is 2. The number of H-pyrrole nitrogens is 1. The zero-order valence-electron chi connectivity index (χ0n) is 15.0. The van der Waals surface area contributed by atoms with Gasteiger partial charge in [-0.05, 0) is 48.2 Å². The van der Waals surface area contributed by atoms with E-state index in [0.29, 0.717) is 20.9 Å². The van der Waals surface area contributed by atoms with Crippen molar-refractivity contribution in [2.24, 2.45) is 0 Å². The molecular weight excluding hydrogens is 412 g/mol. The van der Waals surface area contributed by atoms with E-state index in [1.54, 1.807) is 13.2 Å². The van der Waals surface area contributed by atoms with E-state index < -0.39 is 5.91 Å². The van der Waals surface area contributed by atoms with Crippen LogP contribution in [0, 0.1) is 0 Å². The molecule has 4 aromatic rings. The van der Waals surface area contributed by atoms with Gasteiger partial charge in [0.05, 0.1) is 7.11 Å². The molecule has 2 N–H and O–H groups in total. The van der Waals surface area contributed by atoms with E-state index in [0.717, 1.165) is 10.6 Å². The highest BCUT2D eigenvalue weighted by atomic mass is 32.2. The van der Waals surface area contributed by atoms with E-state index >= 15 is 0 Å². The Kier molecular flexibility index (Phi) is 5.77. The Hall–Kier alpha value is -3.31. The fourth-order valence-corrected chi connectivity index (χ4v) is 3.86. The van der Waals surface area contributed by atoms with E-state index in [4.69, 9.17) is 9.26 Å². The molecule has 0 radical (unpaired) electrons. The number of nitrogens with one attached hydrogen (secondary N) is 2. The highest BCUT2D eigenvalue weighted by Gasteiger charge is 2.18. The number of carbonyl (C=O) groups is 1. The summed E-state index contributed by atoms with van der Waals surface area (Å²) < 4.78 is 9.95. The molecule has 4 rings (SSSR count). The quantitative estimate of drug-likeness (QED) is 0.455. The number of anilines is 1. The molecule has 3 aromatic heterocycles. The number of aromatic amines is 1. The Labute approximate surface area is 173 Å². The molecular formula is C18H14N6O3S2. The Morgan fingerprint density at radius 2 is 2.00 bits per heavy atom. The first-order chi connectivity index (χ1) is 14.2. The fraction of sp³-hybridized carbons (Fsp3) is 0.0556. The SMILES string of the molecule is COc1ccc(Sc2ccc(Sc3ncn[nH]3)nc2C(=O)Nc2ccon2)cc1. The molecule has 0 fully saturated rings. The highest BCUT2D eigenvalue weighted by molar-refractivity contribution is 7.99. The third kappa shape index (κ3) is 4.76. The van der Waals surface area contributed by atoms with Crippen LogP contribution < -0.4 is 10.1 Å². The topological polar surface area (TPSA) is 119 Å². The van der Waals surface area contributed by atoms with Gasteiger partial charge in [0.25, 0.3) is 5.91 Å². The molecule has 0 atom stereocenters. The zero-order chi connectivity index (χ0) is 20.1. The Bertz CT molecular complexity index is 1090. The lowest BCUT2D eigenvalue weighted by Gasteiger charge is -2.10. The van der Waals surface area contributed by atoms with Crippen molar-refractivity contribution in [3.63, 3.8) is 0 Å². The summed E-state index contributed by atoms with van der Waals surface area (Å²) in [6, 6.07) is 12.8. The van der Waals surface area contributed by atoms with Gasteiger partial charge in [0.2, 0.25) is 0 Å². The maximum Gasteiger partial charge on any atom is 0.276 e. The standard InChI is InChI=1S/C18H14N6O3S2/c1-26-11-2-4-12(5-3-11)28-13-6-7-15(29-18-19-10-20-23-18)22-16(13)17(25)21-14-8-9-27-24-14/h2-10H,1H3,(H,19,20,23)(H,21,24,25). The minimum Gasteiger partial charge on any atom is -0.497 e. The predicted octanol–water partition coefficient (Wildman–Crippen LogP) is 3.75. The molecule has 0 spiro atoms. The second kappa shape index (κ2) is 8.80. The van der Waals surface area contributed by atoms with E-state index in [9.17, 15) is 4.79 Å². The van der Waals surface area contributed by atoms with Gasteiger partial charge < -0.3 is 14.6 Å². The maximum absolute atomic E-state index is 12.8. The summed E-state index contributed by atoms with van der Waals surface area (Å²) >= 11 is 2.70. The van der Waals surface area contributed by atoms with Crippen molar-refractivity contribution in [1.29, 1.82) is 0 Å². The van der Waals surface area contributed by atoms with Crippen LogP contribution in [-0.2, 0) is 0 Å². The van der Waals surface area contributed by atoms with Crippen LogP contribution >= 0.6 is 23.5 Å². The summed E-state index contributed by atoms with van der Waals surface area (Å²) in [5.41, 5.74) is 0.262. The molecule has 11 heteroatoms. The minimum absolute atomic E-state index is 0.262. The second-order valence-corrected chi connectivity index (χ2v) is 7.63. The number of carbonyl (C=O) groups excluding carboxylic acids is 1. The molecule has 0 bridgehead atoms. The van der Waals surface area contributed by atoms with Gasteiger partial charge in [-0.2, -0.15) is 5.10 Å². The van der Waals surface area contributed by atoms with Crippen LogP contribution in [0.3, 0.4) is 0 Å². The average Bonchev–Trinajstić information content (AvgIpc) is 3.44. The summed E-state index contributed by atoms with van der Waals surface area (Å²) in [6.07, 6.45) is 2.79. The average molecular weight is 426 g/mol. The third-order valence-corrected chi connectivity index (χ3v) is 5.49. The molecule has 29 heavy (non-hydrogen) atoms. The summed E-state index contributed by atoms with van der Waals surface area (Å²) in [4.78, 5) is 23.1. The summed E-state index contributed by atoms with van der Waals surface area (Å²) in [5, 5.41) is 14.2. The van der Waals surface area contributed by atoms with Gasteiger partial charge in [-0.25, -0.2) is 9.97 Å². The number of nitrogens with zero attached hydrogens (tertiary/aromatic N) is 4. The molecule has 1 amide bonds. The molecule has 0 unspecified atom stereocenters. The van der Waals surface area contributed by atoms with Crippen molar-refractivity contribution in [3.05, 3.63) is 60.7 Å². The molecule has 9 nitrogen and oxygen atoms in total. The molecule has 0 aliphatic carbocycles. The number of ether oxygens (including phenoxy) is 1. The fourth-order valence-electron chi connectivity index (χ4n) is 2.30. The van der Waals surface area contributed by atoms with Crippen molar-refractivity contribution in [1.82, 2.24) is 25.3 Å². The van der Waals surface area contributed by atoms with Gasteiger partial charge in [-0.1, -0.05) is 16.9 Å². The van der Waals surface area contributed by atoms with Gasteiger partial charge in [-0.15, -0.1) is 0 Å². The summed E-state index contributed by atoms with van der Waals surface area (Å²) in [6.45, 7) is 0. The van der Waals surface area contributed by atoms with Crippen LogP contribution in [0.4, 0.5) is 5.82 Å². The van der Waals surface area contributed by atoms with E-state index in [2.05, 4.69) is 30.6 Å². The molecule has 0 aliphatic rings. The van der Waals surface area contributed by atoms with Crippen LogP contribution in [0.1, 0.15) is 10.5 Å². The maximum atomic E-state index is 12.8. The molecule has 146 valence electrons. The Morgan fingerprint density at radius 3 is 2.69 bits per heavy atom. The van der Waals surface area contributed by atoms with Crippen LogP contribution in [0.5, 0.6) is 5.75 Å². The van der Waals surface area contributed by atoms with Crippen molar-refractivity contribution in [2.75, 3.05) is 12.4 Å². The first-order valence-electron chi connectivity index (χ1n) is 8.29. The van der Waals surface area contributed by atoms with Gasteiger partial charge >= 0.3 is 0 Å². The van der Waals surface area contributed by atoms with Crippen molar-refractivity contribution in [3.8, 4) is 5.75 Å². The normalized spacial score (nSPS) is 10.7. The Balaban J connectivity index is 1.63. The van der Waals surface area contributed by atoms with Crippen molar-refractivity contribution < 1.29 is 14.1 Å². The van der Waals surface area contributed by atoms with E-state index in [1.165, 1.54) is 36.1 Å². The third-order valence-electron chi connectivity index (χ3n) is 3.61. The number of hydrogen-bond acceptors (Lipinski definition) is 9. The predicted molar refractivity (Wildman–Crippen MR) is 106 cm³/mol. The van der Waals surface area contributed by atoms with E-state index in [-0.39, 0.29) is 5.69 Å². The first kappa shape index (κ1) is 19.0. The van der Waals surface area contributed by atoms with Crippen molar-refractivity contribution >= 4 is 35.2 Å². The van der Waals surface area contributed by atoms with E-state index in [1.807, 2.05) is 36.4 Å². The number of aromatic nitrogens is 5. The van der Waals surface area contributed by atoms with Crippen LogP contribution in [0.25, 0.3) is 0 Å². The highest BCUT2D eigenvalue weighted by Crippen LogP contribution is 2.33. The molecule has 3 heterocycles. The summed E-state index contributed by atoms with van der Waals surface area (Å²) in [5.74, 6) is 0.677.